The minimum absolute atomic E-state index is 0.00675. The standard InChI is InChI=1S/C48H71N5O16/c49-36-18-15-32(16-19-36)39(55)7-3-1-2-6-34(47(50)65)26-37(54)29-52-44(60)30-69-25-24-68-23-5-8-40(56)38(20-22-46(63)64)53-43(59)21-17-35(48(66)67)27-41(57)33-13-11-31(12-14-33)28-51-42(58)9-4-10-45(61)62/h15-16,18-19,31,33-35,38H,1-14,17,20-30,49H2,(H2,50,65)(H,51,58)(H,52,60)(H,53,59)(H,61,62)(H,63,64)(H,66,67)/t31?,33?,34-,35-,38+/m1/s1. The second-order valence-electron chi connectivity index (χ2n) is 17.6. The van der Waals surface area contributed by atoms with Gasteiger partial charge >= 0.3 is 17.9 Å². The van der Waals surface area contributed by atoms with Crippen molar-refractivity contribution >= 4 is 70.4 Å². The molecule has 1 aliphatic rings. The molecular weight excluding hydrogens is 903 g/mol. The second kappa shape index (κ2) is 33.4. The summed E-state index contributed by atoms with van der Waals surface area (Å²) in [5, 5.41) is 35.5. The summed E-state index contributed by atoms with van der Waals surface area (Å²) < 4.78 is 10.7. The minimum atomic E-state index is -1.25. The summed E-state index contributed by atoms with van der Waals surface area (Å²) in [6.45, 7) is -0.121. The Morgan fingerprint density at radius 2 is 1.30 bits per heavy atom. The van der Waals surface area contributed by atoms with Crippen molar-refractivity contribution < 1.29 is 77.5 Å². The number of rotatable bonds is 39. The van der Waals surface area contributed by atoms with Crippen LogP contribution < -0.4 is 27.4 Å². The number of nitrogens with one attached hydrogen (secondary N) is 3. The average Bonchev–Trinajstić information content (AvgIpc) is 3.30. The van der Waals surface area contributed by atoms with Gasteiger partial charge in [0.05, 0.1) is 31.7 Å². The molecule has 0 aromatic heterocycles. The van der Waals surface area contributed by atoms with E-state index in [2.05, 4.69) is 16.0 Å². The number of nitrogens with two attached hydrogens (primary N) is 2. The van der Waals surface area contributed by atoms with E-state index >= 15 is 0 Å². The molecule has 1 aliphatic carbocycles. The van der Waals surface area contributed by atoms with Crippen molar-refractivity contribution in [2.24, 2.45) is 29.4 Å². The molecule has 1 saturated carbocycles. The lowest BCUT2D eigenvalue weighted by Crippen LogP contribution is -2.41. The Kier molecular flexibility index (Phi) is 28.6. The zero-order chi connectivity index (χ0) is 51.1. The number of hydrogen-bond donors (Lipinski definition) is 8. The molecule has 0 aliphatic heterocycles. The summed E-state index contributed by atoms with van der Waals surface area (Å²) in [6.07, 6.45) is 3.79. The largest absolute Gasteiger partial charge is 0.481 e. The highest BCUT2D eigenvalue weighted by Gasteiger charge is 2.31. The minimum Gasteiger partial charge on any atom is -0.481 e. The third-order valence-corrected chi connectivity index (χ3v) is 11.9. The van der Waals surface area contributed by atoms with Gasteiger partial charge in [-0.1, -0.05) is 12.8 Å². The molecule has 0 spiro atoms. The molecule has 0 unspecified atom stereocenters. The lowest BCUT2D eigenvalue weighted by molar-refractivity contribution is -0.145. The Bertz CT molecular complexity index is 1880. The van der Waals surface area contributed by atoms with Gasteiger partial charge in [0.1, 0.15) is 12.4 Å². The van der Waals surface area contributed by atoms with Crippen LogP contribution in [0.15, 0.2) is 24.3 Å². The van der Waals surface area contributed by atoms with Gasteiger partial charge < -0.3 is 52.2 Å². The van der Waals surface area contributed by atoms with Crippen molar-refractivity contribution in [2.75, 3.05) is 45.3 Å². The highest BCUT2D eigenvalue weighted by atomic mass is 16.5. The number of ether oxygens (including phenoxy) is 2. The van der Waals surface area contributed by atoms with Gasteiger partial charge in [-0.05, 0) is 94.4 Å². The number of carboxylic acid groups (broad SMARTS) is 3. The van der Waals surface area contributed by atoms with Crippen molar-refractivity contribution in [3.63, 3.8) is 0 Å². The van der Waals surface area contributed by atoms with Crippen LogP contribution in [0.3, 0.4) is 0 Å². The molecule has 1 aromatic rings. The number of ketones is 4. The zero-order valence-electron chi connectivity index (χ0n) is 39.4. The molecule has 0 saturated heterocycles. The van der Waals surface area contributed by atoms with Crippen LogP contribution in [0.5, 0.6) is 0 Å². The zero-order valence-corrected chi connectivity index (χ0v) is 39.4. The number of carbonyl (C=O) groups is 11. The molecular formula is C48H71N5O16. The molecule has 21 heteroatoms. The van der Waals surface area contributed by atoms with Gasteiger partial charge in [-0.3, -0.25) is 52.7 Å². The monoisotopic (exact) mass is 973 g/mol. The molecule has 2 rings (SSSR count). The van der Waals surface area contributed by atoms with Crippen LogP contribution in [-0.4, -0.2) is 126 Å². The van der Waals surface area contributed by atoms with Crippen molar-refractivity contribution in [1.29, 1.82) is 0 Å². The van der Waals surface area contributed by atoms with Gasteiger partial charge in [-0.25, -0.2) is 0 Å². The first-order chi connectivity index (χ1) is 32.8. The normalized spacial score (nSPS) is 15.7. The first-order valence-electron chi connectivity index (χ1n) is 23.7. The predicted octanol–water partition coefficient (Wildman–Crippen LogP) is 2.93. The van der Waals surface area contributed by atoms with Crippen molar-refractivity contribution in [1.82, 2.24) is 16.0 Å². The van der Waals surface area contributed by atoms with E-state index in [-0.39, 0.29) is 132 Å². The highest BCUT2D eigenvalue weighted by molar-refractivity contribution is 5.96. The van der Waals surface area contributed by atoms with E-state index in [4.69, 9.17) is 26.0 Å². The Balaban J connectivity index is 1.62. The number of aliphatic carboxylic acids is 3. The van der Waals surface area contributed by atoms with Crippen LogP contribution in [0.25, 0.3) is 0 Å². The van der Waals surface area contributed by atoms with Crippen molar-refractivity contribution in [3.8, 4) is 0 Å². The Hall–Kier alpha value is -6.09. The third-order valence-electron chi connectivity index (χ3n) is 11.9. The average molecular weight is 974 g/mol. The van der Waals surface area contributed by atoms with Gasteiger partial charge in [-0.2, -0.15) is 0 Å². The van der Waals surface area contributed by atoms with E-state index in [1.54, 1.807) is 24.3 Å². The summed E-state index contributed by atoms with van der Waals surface area (Å²) in [5.74, 6) is -8.64. The molecule has 0 radical (unpaired) electrons. The Morgan fingerprint density at radius 1 is 0.623 bits per heavy atom. The maximum absolute atomic E-state index is 13.1. The van der Waals surface area contributed by atoms with E-state index in [1.807, 2.05) is 0 Å². The van der Waals surface area contributed by atoms with Crippen LogP contribution in [0.1, 0.15) is 139 Å². The highest BCUT2D eigenvalue weighted by Crippen LogP contribution is 2.31. The number of nitrogen functional groups attached to an aromatic ring is 1. The van der Waals surface area contributed by atoms with Gasteiger partial charge in [0.25, 0.3) is 0 Å². The lowest BCUT2D eigenvalue weighted by Gasteiger charge is -2.28. The van der Waals surface area contributed by atoms with E-state index < -0.39 is 65.7 Å². The quantitative estimate of drug-likeness (QED) is 0.0267. The van der Waals surface area contributed by atoms with Gasteiger partial charge in [-0.15, -0.1) is 0 Å². The molecule has 4 amide bonds. The molecule has 21 nitrogen and oxygen atoms in total. The third kappa shape index (κ3) is 26.9. The number of hydrogen-bond acceptors (Lipinski definition) is 14. The number of primary amides is 1. The molecule has 3 atom stereocenters. The molecule has 384 valence electrons. The number of Topliss-reactive ketones (excluding diaryl/α,β-unsaturated/α-hetero) is 4. The molecule has 1 aromatic carbocycles. The summed E-state index contributed by atoms with van der Waals surface area (Å²) >= 11 is 0. The maximum atomic E-state index is 13.1. The smallest absolute Gasteiger partial charge is 0.306 e. The maximum Gasteiger partial charge on any atom is 0.306 e. The number of benzene rings is 1. The lowest BCUT2D eigenvalue weighted by atomic mass is 9.78. The van der Waals surface area contributed by atoms with E-state index in [1.165, 1.54) is 0 Å². The van der Waals surface area contributed by atoms with E-state index in [0.29, 0.717) is 75.6 Å². The molecule has 69 heavy (non-hydrogen) atoms. The Labute approximate surface area is 401 Å². The number of carboxylic acids is 3. The summed E-state index contributed by atoms with van der Waals surface area (Å²) in [6, 6.07) is 5.52. The fraction of sp³-hybridized carbons (Fsp3) is 0.646. The van der Waals surface area contributed by atoms with Crippen LogP contribution in [0.2, 0.25) is 0 Å². The fourth-order valence-electron chi connectivity index (χ4n) is 7.82. The number of unbranched alkanes of at least 4 members (excludes halogenated alkanes) is 2. The summed E-state index contributed by atoms with van der Waals surface area (Å²) in [4.78, 5) is 134. The van der Waals surface area contributed by atoms with Crippen LogP contribution in [0.4, 0.5) is 5.69 Å². The van der Waals surface area contributed by atoms with E-state index in [9.17, 15) is 63.0 Å². The van der Waals surface area contributed by atoms with Crippen LogP contribution in [0, 0.1) is 23.7 Å². The van der Waals surface area contributed by atoms with Crippen LogP contribution in [-0.2, 0) is 57.4 Å². The van der Waals surface area contributed by atoms with Gasteiger partial charge in [0, 0.05) is 87.6 Å². The van der Waals surface area contributed by atoms with Crippen molar-refractivity contribution in [3.05, 3.63) is 29.8 Å². The van der Waals surface area contributed by atoms with Crippen LogP contribution >= 0.6 is 0 Å². The summed E-state index contributed by atoms with van der Waals surface area (Å²) in [5.41, 5.74) is 12.3. The number of amides is 4. The SMILES string of the molecule is NC(=O)[C@H](CCCCCC(=O)c1ccc(N)cc1)CC(=O)CNC(=O)COCCOCCCC(=O)[C@H](CCC(=O)O)NC(=O)CC[C@H](CC(=O)C1CCC(CNC(=O)CCCC(=O)O)CC1)C(=O)O. The number of carbonyl (C=O) groups excluding carboxylic acids is 8. The molecule has 0 bridgehead atoms. The topological polar surface area (TPSA) is 355 Å². The summed E-state index contributed by atoms with van der Waals surface area (Å²) in [7, 11) is 0. The molecule has 0 heterocycles. The second-order valence-corrected chi connectivity index (χ2v) is 17.6. The van der Waals surface area contributed by atoms with E-state index in [0.717, 1.165) is 0 Å². The molecule has 1 fully saturated rings. The first kappa shape index (κ1) is 59.0. The van der Waals surface area contributed by atoms with Gasteiger partial charge in [0.15, 0.2) is 17.3 Å². The Morgan fingerprint density at radius 3 is 1.96 bits per heavy atom. The first-order valence-corrected chi connectivity index (χ1v) is 23.7. The van der Waals surface area contributed by atoms with Crippen molar-refractivity contribution in [2.45, 2.75) is 134 Å². The number of anilines is 1. The predicted molar refractivity (Wildman–Crippen MR) is 248 cm³/mol. The molecule has 10 N–H and O–H groups in total. The fourth-order valence-corrected chi connectivity index (χ4v) is 7.82. The van der Waals surface area contributed by atoms with Gasteiger partial charge in [0.2, 0.25) is 23.6 Å².